The van der Waals surface area contributed by atoms with Crippen LogP contribution in [0.4, 0.5) is 0 Å². The summed E-state index contributed by atoms with van der Waals surface area (Å²) in [6, 6.07) is 12.5. The number of hydrogen-bond acceptors (Lipinski definition) is 5. The minimum atomic E-state index is -0.690. The Balaban J connectivity index is 1.30. The van der Waals surface area contributed by atoms with Crippen molar-refractivity contribution in [2.75, 3.05) is 0 Å². The molecule has 0 saturated heterocycles. The lowest BCUT2D eigenvalue weighted by Crippen LogP contribution is -2.21. The Hall–Kier alpha value is -3.58. The van der Waals surface area contributed by atoms with Crippen LogP contribution in [0.5, 0.6) is 0 Å². The summed E-state index contributed by atoms with van der Waals surface area (Å²) in [6.07, 6.45) is 8.74. The second kappa shape index (κ2) is 8.57. The van der Waals surface area contributed by atoms with Crippen LogP contribution in [-0.4, -0.2) is 30.4 Å². The lowest BCUT2D eigenvalue weighted by molar-refractivity contribution is -0.142. The van der Waals surface area contributed by atoms with Crippen LogP contribution in [0.25, 0.3) is 16.8 Å². The van der Waals surface area contributed by atoms with E-state index in [1.54, 1.807) is 0 Å². The summed E-state index contributed by atoms with van der Waals surface area (Å²) in [4.78, 5) is 25.4. The molecule has 0 radical (unpaired) electrons. The van der Waals surface area contributed by atoms with E-state index in [4.69, 9.17) is 9.72 Å². The van der Waals surface area contributed by atoms with Crippen LogP contribution in [0, 0.1) is 12.8 Å². The molecule has 178 valence electrons. The fraction of sp³-hybridized carbons (Fsp3) is 0.357. The molecule has 4 heterocycles. The maximum Gasteiger partial charge on any atom is 0.306 e. The normalized spacial score (nSPS) is 23.9. The van der Waals surface area contributed by atoms with E-state index < -0.39 is 5.97 Å². The molecule has 1 aromatic carbocycles. The summed E-state index contributed by atoms with van der Waals surface area (Å²) >= 11 is 0. The summed E-state index contributed by atoms with van der Waals surface area (Å²) in [6.45, 7) is 4.13. The lowest BCUT2D eigenvalue weighted by atomic mass is 9.81. The monoisotopic (exact) mass is 468 g/mol. The third-order valence-corrected chi connectivity index (χ3v) is 7.59. The van der Waals surface area contributed by atoms with Crippen molar-refractivity contribution in [2.45, 2.75) is 57.7 Å². The molecule has 3 aromatic heterocycles. The molecular formula is C28H28N4O3. The van der Waals surface area contributed by atoms with E-state index in [1.807, 2.05) is 31.5 Å². The van der Waals surface area contributed by atoms with Gasteiger partial charge >= 0.3 is 5.97 Å². The summed E-state index contributed by atoms with van der Waals surface area (Å²) in [5, 5.41) is 9.24. The van der Waals surface area contributed by atoms with Crippen LogP contribution in [0.3, 0.4) is 0 Å². The Morgan fingerprint density at radius 2 is 1.71 bits per heavy atom. The summed E-state index contributed by atoms with van der Waals surface area (Å²) in [5.41, 5.74) is 7.26. The van der Waals surface area contributed by atoms with Gasteiger partial charge in [0, 0.05) is 35.6 Å². The highest BCUT2D eigenvalue weighted by atomic mass is 16.5. The SMILES string of the molecule is Cc1nc2ccc(-c3cnc(C4CCC(C(=O)O)CC4)nc3)cn2c1[C@H]1O[C@@H](C)c2ccccc21. The molecule has 7 heteroatoms. The van der Waals surface area contributed by atoms with Gasteiger partial charge in [-0.3, -0.25) is 4.79 Å². The Bertz CT molecular complexity index is 1400. The van der Waals surface area contributed by atoms with Crippen molar-refractivity contribution >= 4 is 11.6 Å². The zero-order chi connectivity index (χ0) is 24.1. The lowest BCUT2D eigenvalue weighted by Gasteiger charge is -2.24. The molecule has 7 nitrogen and oxygen atoms in total. The zero-order valence-electron chi connectivity index (χ0n) is 19.9. The molecule has 0 spiro atoms. The molecule has 0 bridgehead atoms. The van der Waals surface area contributed by atoms with E-state index in [0.29, 0.717) is 12.8 Å². The van der Waals surface area contributed by atoms with Crippen LogP contribution in [-0.2, 0) is 9.53 Å². The smallest absolute Gasteiger partial charge is 0.306 e. The highest BCUT2D eigenvalue weighted by Crippen LogP contribution is 2.43. The first-order chi connectivity index (χ1) is 17.0. The molecule has 1 saturated carbocycles. The number of carbonyl (C=O) groups is 1. The van der Waals surface area contributed by atoms with E-state index in [2.05, 4.69) is 51.8 Å². The first kappa shape index (κ1) is 21.9. The predicted molar refractivity (Wildman–Crippen MR) is 131 cm³/mol. The van der Waals surface area contributed by atoms with Gasteiger partial charge in [-0.25, -0.2) is 15.0 Å². The molecule has 0 unspecified atom stereocenters. The minimum Gasteiger partial charge on any atom is -0.481 e. The van der Waals surface area contributed by atoms with Crippen molar-refractivity contribution in [3.05, 3.63) is 83.3 Å². The highest BCUT2D eigenvalue weighted by Gasteiger charge is 2.33. The fourth-order valence-electron chi connectivity index (χ4n) is 5.65. The molecule has 0 amide bonds. The van der Waals surface area contributed by atoms with Crippen LogP contribution >= 0.6 is 0 Å². The van der Waals surface area contributed by atoms with Crippen molar-refractivity contribution < 1.29 is 14.6 Å². The number of ether oxygens (including phenoxy) is 1. The Morgan fingerprint density at radius 3 is 2.43 bits per heavy atom. The number of carboxylic acid groups (broad SMARTS) is 1. The molecule has 1 aliphatic carbocycles. The van der Waals surface area contributed by atoms with E-state index in [1.165, 1.54) is 11.1 Å². The van der Waals surface area contributed by atoms with Gasteiger partial charge < -0.3 is 14.2 Å². The first-order valence-corrected chi connectivity index (χ1v) is 12.3. The van der Waals surface area contributed by atoms with E-state index in [-0.39, 0.29) is 24.0 Å². The molecule has 6 rings (SSSR count). The fourth-order valence-corrected chi connectivity index (χ4v) is 5.65. The largest absolute Gasteiger partial charge is 0.481 e. The number of rotatable bonds is 4. The second-order valence-corrected chi connectivity index (χ2v) is 9.73. The van der Waals surface area contributed by atoms with Gasteiger partial charge in [0.1, 0.15) is 17.6 Å². The average molecular weight is 469 g/mol. The Morgan fingerprint density at radius 1 is 1.00 bits per heavy atom. The first-order valence-electron chi connectivity index (χ1n) is 12.3. The van der Waals surface area contributed by atoms with Crippen LogP contribution in [0.2, 0.25) is 0 Å². The van der Waals surface area contributed by atoms with Crippen molar-refractivity contribution in [3.8, 4) is 11.1 Å². The van der Waals surface area contributed by atoms with Crippen LogP contribution in [0.15, 0.2) is 55.0 Å². The molecule has 1 fully saturated rings. The van der Waals surface area contributed by atoms with Gasteiger partial charge in [-0.15, -0.1) is 0 Å². The second-order valence-electron chi connectivity index (χ2n) is 9.73. The van der Waals surface area contributed by atoms with Gasteiger partial charge in [0.2, 0.25) is 0 Å². The molecule has 1 N–H and O–H groups in total. The molecule has 1 aliphatic heterocycles. The van der Waals surface area contributed by atoms with Gasteiger partial charge in [-0.2, -0.15) is 0 Å². The topological polar surface area (TPSA) is 89.6 Å². The number of pyridine rings is 1. The number of aromatic nitrogens is 4. The summed E-state index contributed by atoms with van der Waals surface area (Å²) in [7, 11) is 0. The van der Waals surface area contributed by atoms with E-state index in [0.717, 1.165) is 46.8 Å². The Kier molecular flexibility index (Phi) is 5.37. The number of imidazole rings is 1. The predicted octanol–water partition coefficient (Wildman–Crippen LogP) is 5.64. The van der Waals surface area contributed by atoms with Crippen molar-refractivity contribution in [2.24, 2.45) is 5.92 Å². The number of aliphatic carboxylic acids is 1. The minimum absolute atomic E-state index is 0.0378. The average Bonchev–Trinajstić information content (AvgIpc) is 3.39. The van der Waals surface area contributed by atoms with Crippen molar-refractivity contribution in [1.82, 2.24) is 19.4 Å². The Labute approximate surface area is 203 Å². The summed E-state index contributed by atoms with van der Waals surface area (Å²) < 4.78 is 8.52. The summed E-state index contributed by atoms with van der Waals surface area (Å²) in [5.74, 6) is 0.114. The molecule has 35 heavy (non-hydrogen) atoms. The maximum absolute atomic E-state index is 11.2. The molecule has 2 aliphatic rings. The van der Waals surface area contributed by atoms with Crippen molar-refractivity contribution in [1.29, 1.82) is 0 Å². The van der Waals surface area contributed by atoms with Gasteiger partial charge in [0.25, 0.3) is 0 Å². The van der Waals surface area contributed by atoms with Crippen molar-refractivity contribution in [3.63, 3.8) is 0 Å². The van der Waals surface area contributed by atoms with E-state index >= 15 is 0 Å². The maximum atomic E-state index is 11.2. The van der Waals surface area contributed by atoms with Gasteiger partial charge in [0.15, 0.2) is 0 Å². The van der Waals surface area contributed by atoms with Crippen LogP contribution in [0.1, 0.15) is 79.1 Å². The number of hydrogen-bond donors (Lipinski definition) is 1. The number of nitrogens with zero attached hydrogens (tertiary/aromatic N) is 4. The molecular weight excluding hydrogens is 440 g/mol. The van der Waals surface area contributed by atoms with Gasteiger partial charge in [-0.1, -0.05) is 24.3 Å². The number of aryl methyl sites for hydroxylation is 1. The number of benzene rings is 1. The standard InChI is InChI=1S/C28H28N4O3/c1-16-25(26-23-6-4-3-5-22(23)17(2)35-26)32-15-20(11-12-24(32)31-16)21-13-29-27(30-14-21)18-7-9-19(10-8-18)28(33)34/h3-6,11-15,17-19,26H,7-10H2,1-2H3,(H,33,34)/t17-,18?,19?,26-/m0/s1. The van der Waals surface area contributed by atoms with E-state index in [9.17, 15) is 9.90 Å². The third-order valence-electron chi connectivity index (χ3n) is 7.59. The zero-order valence-corrected chi connectivity index (χ0v) is 19.9. The van der Waals surface area contributed by atoms with Gasteiger partial charge in [-0.05, 0) is 62.8 Å². The number of fused-ring (bicyclic) bond motifs is 2. The quantitative estimate of drug-likeness (QED) is 0.417. The molecule has 4 aromatic rings. The van der Waals surface area contributed by atoms with Crippen LogP contribution < -0.4 is 0 Å². The highest BCUT2D eigenvalue weighted by molar-refractivity contribution is 5.70. The molecule has 2 atom stereocenters. The number of carboxylic acids is 1. The van der Waals surface area contributed by atoms with Gasteiger partial charge in [0.05, 0.1) is 23.4 Å². The third kappa shape index (κ3) is 3.80.